The summed E-state index contributed by atoms with van der Waals surface area (Å²) in [6, 6.07) is 17.3. The van der Waals surface area contributed by atoms with E-state index < -0.39 is 11.7 Å². The molecule has 2 amide bonds. The first-order valence-electron chi connectivity index (χ1n) is 11.0. The number of alkyl carbamates (subject to hydrolysis) is 1. The predicted octanol–water partition coefficient (Wildman–Crippen LogP) is 5.29. The summed E-state index contributed by atoms with van der Waals surface area (Å²) in [6.07, 6.45) is 0.272. The van der Waals surface area contributed by atoms with E-state index >= 15 is 0 Å². The monoisotopic (exact) mass is 449 g/mol. The van der Waals surface area contributed by atoms with E-state index in [1.165, 1.54) is 6.92 Å². The molecule has 3 rings (SSSR count). The standard InChI is InChI=1S/C26H31N3O4/c1-17(28-18(2)30)20-8-12-23-21(16-20)9-13-24(29-23)32-22-10-6-19(7-11-22)14-15-27-25(31)33-26(3,4)5/h6-13,16-17H,14-15H2,1-5H3,(H,27,31)(H,28,30). The van der Waals surface area contributed by atoms with Crippen molar-refractivity contribution in [2.75, 3.05) is 6.54 Å². The molecule has 7 heteroatoms. The van der Waals surface area contributed by atoms with Crippen molar-refractivity contribution in [1.82, 2.24) is 15.6 Å². The van der Waals surface area contributed by atoms with E-state index in [4.69, 9.17) is 9.47 Å². The highest BCUT2D eigenvalue weighted by atomic mass is 16.6. The number of fused-ring (bicyclic) bond motifs is 1. The normalized spacial score (nSPS) is 12.2. The van der Waals surface area contributed by atoms with Crippen LogP contribution in [0.4, 0.5) is 4.79 Å². The fraction of sp³-hybridized carbons (Fsp3) is 0.346. The minimum atomic E-state index is -0.507. The molecule has 3 aromatic rings. The summed E-state index contributed by atoms with van der Waals surface area (Å²) in [4.78, 5) is 27.6. The van der Waals surface area contributed by atoms with Gasteiger partial charge in [0.25, 0.3) is 0 Å². The van der Waals surface area contributed by atoms with Gasteiger partial charge < -0.3 is 20.1 Å². The molecule has 0 aliphatic rings. The third kappa shape index (κ3) is 7.49. The lowest BCUT2D eigenvalue weighted by Crippen LogP contribution is -2.33. The van der Waals surface area contributed by atoms with Gasteiger partial charge in [-0.2, -0.15) is 0 Å². The maximum atomic E-state index is 11.7. The Morgan fingerprint density at radius 3 is 2.42 bits per heavy atom. The Hall–Kier alpha value is -3.61. The average molecular weight is 450 g/mol. The van der Waals surface area contributed by atoms with Crippen LogP contribution in [0.15, 0.2) is 54.6 Å². The zero-order valence-corrected chi connectivity index (χ0v) is 19.8. The van der Waals surface area contributed by atoms with E-state index in [0.717, 1.165) is 22.0 Å². The highest BCUT2D eigenvalue weighted by Crippen LogP contribution is 2.25. The van der Waals surface area contributed by atoms with Gasteiger partial charge in [0.05, 0.1) is 11.6 Å². The number of pyridine rings is 1. The minimum absolute atomic E-state index is 0.0604. The molecule has 2 N–H and O–H groups in total. The summed E-state index contributed by atoms with van der Waals surface area (Å²) < 4.78 is 11.1. The Morgan fingerprint density at radius 1 is 1.03 bits per heavy atom. The summed E-state index contributed by atoms with van der Waals surface area (Å²) in [5.41, 5.74) is 2.40. The average Bonchev–Trinajstić information content (AvgIpc) is 2.73. The van der Waals surface area contributed by atoms with Crippen LogP contribution in [0.3, 0.4) is 0 Å². The van der Waals surface area contributed by atoms with E-state index in [1.54, 1.807) is 0 Å². The Labute approximate surface area is 194 Å². The largest absolute Gasteiger partial charge is 0.444 e. The van der Waals surface area contributed by atoms with E-state index in [1.807, 2.05) is 82.3 Å². The number of rotatable bonds is 7. The van der Waals surface area contributed by atoms with Crippen LogP contribution in [0.5, 0.6) is 11.6 Å². The lowest BCUT2D eigenvalue weighted by molar-refractivity contribution is -0.119. The van der Waals surface area contributed by atoms with Crippen LogP contribution in [0.1, 0.15) is 51.8 Å². The fourth-order valence-corrected chi connectivity index (χ4v) is 3.31. The molecule has 174 valence electrons. The summed E-state index contributed by atoms with van der Waals surface area (Å²) in [5, 5.41) is 6.62. The molecule has 0 saturated carbocycles. The van der Waals surface area contributed by atoms with Gasteiger partial charge in [-0.15, -0.1) is 0 Å². The topological polar surface area (TPSA) is 89.5 Å². The van der Waals surface area contributed by atoms with Crippen molar-refractivity contribution >= 4 is 22.9 Å². The van der Waals surface area contributed by atoms with E-state index in [9.17, 15) is 9.59 Å². The molecule has 1 atom stereocenters. The number of nitrogens with zero attached hydrogens (tertiary/aromatic N) is 1. The first-order chi connectivity index (χ1) is 15.6. The van der Waals surface area contributed by atoms with Crippen molar-refractivity contribution in [2.24, 2.45) is 0 Å². The number of carbonyl (C=O) groups excluding carboxylic acids is 2. The maximum Gasteiger partial charge on any atom is 0.407 e. The fourth-order valence-electron chi connectivity index (χ4n) is 3.31. The van der Waals surface area contributed by atoms with Crippen molar-refractivity contribution in [3.05, 3.63) is 65.7 Å². The molecular formula is C26H31N3O4. The second-order valence-electron chi connectivity index (χ2n) is 8.95. The van der Waals surface area contributed by atoms with Crippen LogP contribution < -0.4 is 15.4 Å². The third-order valence-electron chi connectivity index (χ3n) is 4.84. The highest BCUT2D eigenvalue weighted by molar-refractivity contribution is 5.80. The van der Waals surface area contributed by atoms with Gasteiger partial charge in [0.15, 0.2) is 0 Å². The molecule has 0 aliphatic heterocycles. The summed E-state index contributed by atoms with van der Waals surface area (Å²) in [5.74, 6) is 1.13. The van der Waals surface area contributed by atoms with Gasteiger partial charge in [0.1, 0.15) is 11.4 Å². The number of nitrogens with one attached hydrogen (secondary N) is 2. The molecule has 0 aliphatic carbocycles. The molecule has 1 unspecified atom stereocenters. The number of carbonyl (C=O) groups is 2. The smallest absolute Gasteiger partial charge is 0.407 e. The molecule has 0 saturated heterocycles. The summed E-state index contributed by atoms with van der Waals surface area (Å²) >= 11 is 0. The van der Waals surface area contributed by atoms with E-state index in [0.29, 0.717) is 24.6 Å². The van der Waals surface area contributed by atoms with Crippen LogP contribution >= 0.6 is 0 Å². The number of ether oxygens (including phenoxy) is 2. The van der Waals surface area contributed by atoms with Crippen LogP contribution in [-0.2, 0) is 16.0 Å². The van der Waals surface area contributed by atoms with Gasteiger partial charge >= 0.3 is 6.09 Å². The van der Waals surface area contributed by atoms with Gasteiger partial charge in [0, 0.05) is 24.9 Å². The summed E-state index contributed by atoms with van der Waals surface area (Å²) in [6.45, 7) is 9.45. The van der Waals surface area contributed by atoms with E-state index in [2.05, 4.69) is 15.6 Å². The zero-order chi connectivity index (χ0) is 24.0. The van der Waals surface area contributed by atoms with Crippen LogP contribution in [0.25, 0.3) is 10.9 Å². The van der Waals surface area contributed by atoms with Crippen molar-refractivity contribution in [3.63, 3.8) is 0 Å². The molecule has 0 fully saturated rings. The molecule has 0 radical (unpaired) electrons. The molecule has 0 bridgehead atoms. The Balaban J connectivity index is 1.57. The van der Waals surface area contributed by atoms with Crippen LogP contribution in [-0.4, -0.2) is 29.1 Å². The first kappa shape index (κ1) is 24.0. The van der Waals surface area contributed by atoms with Crippen molar-refractivity contribution < 1.29 is 19.1 Å². The van der Waals surface area contributed by atoms with Crippen molar-refractivity contribution in [3.8, 4) is 11.6 Å². The first-order valence-corrected chi connectivity index (χ1v) is 11.0. The Kier molecular flexibility index (Phi) is 7.53. The predicted molar refractivity (Wildman–Crippen MR) is 128 cm³/mol. The second-order valence-corrected chi connectivity index (χ2v) is 8.95. The molecule has 0 spiro atoms. The molecule has 2 aromatic carbocycles. The lowest BCUT2D eigenvalue weighted by Gasteiger charge is -2.19. The van der Waals surface area contributed by atoms with Gasteiger partial charge in [0.2, 0.25) is 11.8 Å². The van der Waals surface area contributed by atoms with Gasteiger partial charge in [-0.1, -0.05) is 18.2 Å². The molecule has 7 nitrogen and oxygen atoms in total. The van der Waals surface area contributed by atoms with Gasteiger partial charge in [-0.25, -0.2) is 9.78 Å². The van der Waals surface area contributed by atoms with E-state index in [-0.39, 0.29) is 11.9 Å². The lowest BCUT2D eigenvalue weighted by atomic mass is 10.1. The molecule has 33 heavy (non-hydrogen) atoms. The minimum Gasteiger partial charge on any atom is -0.444 e. The molecule has 1 heterocycles. The maximum absolute atomic E-state index is 11.7. The molecule has 1 aromatic heterocycles. The second kappa shape index (κ2) is 10.3. The van der Waals surface area contributed by atoms with Crippen molar-refractivity contribution in [1.29, 1.82) is 0 Å². The highest BCUT2D eigenvalue weighted by Gasteiger charge is 2.15. The van der Waals surface area contributed by atoms with Gasteiger partial charge in [-0.05, 0) is 75.6 Å². The number of aromatic nitrogens is 1. The van der Waals surface area contributed by atoms with Gasteiger partial charge in [-0.3, -0.25) is 4.79 Å². The number of amides is 2. The van der Waals surface area contributed by atoms with Crippen molar-refractivity contribution in [2.45, 2.75) is 52.7 Å². The Morgan fingerprint density at radius 2 is 1.76 bits per heavy atom. The number of benzene rings is 2. The number of hydrogen-bond donors (Lipinski definition) is 2. The SMILES string of the molecule is CC(=O)NC(C)c1ccc2nc(Oc3ccc(CCNC(=O)OC(C)(C)C)cc3)ccc2c1. The summed E-state index contributed by atoms with van der Waals surface area (Å²) in [7, 11) is 0. The van der Waals surface area contributed by atoms with Crippen LogP contribution in [0.2, 0.25) is 0 Å². The van der Waals surface area contributed by atoms with Crippen LogP contribution in [0, 0.1) is 0 Å². The third-order valence-corrected chi connectivity index (χ3v) is 4.84. The number of hydrogen-bond acceptors (Lipinski definition) is 5. The zero-order valence-electron chi connectivity index (χ0n) is 19.8. The Bertz CT molecular complexity index is 1120. The molecular weight excluding hydrogens is 418 g/mol. The quantitative estimate of drug-likeness (QED) is 0.511.